The summed E-state index contributed by atoms with van der Waals surface area (Å²) < 4.78 is 2.53. The molecule has 4 aromatic rings. The monoisotopic (exact) mass is 448 g/mol. The number of halogens is 1. The van der Waals surface area contributed by atoms with Crippen molar-refractivity contribution in [1.82, 2.24) is 9.55 Å². The summed E-state index contributed by atoms with van der Waals surface area (Å²) in [6.45, 7) is 0. The first-order valence-electron chi connectivity index (χ1n) is 8.78. The predicted molar refractivity (Wildman–Crippen MR) is 118 cm³/mol. The van der Waals surface area contributed by atoms with Crippen molar-refractivity contribution < 1.29 is 5.11 Å². The molecule has 3 N–H and O–H groups in total. The van der Waals surface area contributed by atoms with Crippen LogP contribution in [0.2, 0.25) is 0 Å². The lowest BCUT2D eigenvalue weighted by Gasteiger charge is -2.02. The second-order valence-corrected chi connectivity index (χ2v) is 7.22. The highest BCUT2D eigenvalue weighted by Crippen LogP contribution is 2.39. The Morgan fingerprint density at radius 3 is 2.66 bits per heavy atom. The second-order valence-electron chi connectivity index (χ2n) is 6.30. The first-order chi connectivity index (χ1) is 14.0. The first-order valence-corrected chi connectivity index (χ1v) is 9.57. The number of aromatic nitrogens is 2. The summed E-state index contributed by atoms with van der Waals surface area (Å²) in [6, 6.07) is 18.4. The number of nitrogen functional groups attached to an aromatic ring is 1. The van der Waals surface area contributed by atoms with E-state index in [1.807, 2.05) is 42.5 Å². The van der Waals surface area contributed by atoms with E-state index in [1.165, 1.54) is 0 Å². The van der Waals surface area contributed by atoms with Crippen molar-refractivity contribution in [3.63, 3.8) is 0 Å². The van der Waals surface area contributed by atoms with Gasteiger partial charge < -0.3 is 15.4 Å². The van der Waals surface area contributed by atoms with E-state index in [1.54, 1.807) is 36.0 Å². The van der Waals surface area contributed by atoms with Gasteiger partial charge in [0.25, 0.3) is 0 Å². The number of rotatable bonds is 3. The molecular weight excluding hydrogens is 432 g/mol. The lowest BCUT2D eigenvalue weighted by Crippen LogP contribution is -1.99. The Kier molecular flexibility index (Phi) is 5.09. The molecule has 4 rings (SSSR count). The van der Waals surface area contributed by atoms with Crippen LogP contribution < -0.4 is 5.73 Å². The second kappa shape index (κ2) is 7.84. The molecule has 2 heterocycles. The molecule has 29 heavy (non-hydrogen) atoms. The average Bonchev–Trinajstić information content (AvgIpc) is 2.97. The number of pyridine rings is 1. The lowest BCUT2D eigenvalue weighted by atomic mass is 10.2. The lowest BCUT2D eigenvalue weighted by molar-refractivity contribution is 0.436. The van der Waals surface area contributed by atoms with Crippen LogP contribution in [0.5, 0.6) is 5.88 Å². The van der Waals surface area contributed by atoms with Crippen LogP contribution in [0.1, 0.15) is 5.69 Å². The summed E-state index contributed by atoms with van der Waals surface area (Å²) in [4.78, 5) is 8.87. The zero-order chi connectivity index (χ0) is 20.4. The highest BCUT2D eigenvalue weighted by atomic mass is 79.9. The molecule has 0 unspecified atom stereocenters. The highest BCUT2D eigenvalue weighted by Gasteiger charge is 2.15. The van der Waals surface area contributed by atoms with E-state index in [0.717, 1.165) is 15.4 Å². The number of hydrogen-bond acceptors (Lipinski definition) is 5. The number of para-hydroxylation sites is 2. The van der Waals surface area contributed by atoms with Crippen molar-refractivity contribution in [3.8, 4) is 5.88 Å². The number of aromatic hydroxyl groups is 1. The van der Waals surface area contributed by atoms with Crippen LogP contribution in [0.15, 0.2) is 86.6 Å². The number of aliphatic imine (C=N–C) groups is 1. The maximum Gasteiger partial charge on any atom is 0.220 e. The fraction of sp³-hybridized carbons (Fsp3) is 0.0476. The Hall–Kier alpha value is -3.52. The number of amidine groups is 1. The van der Waals surface area contributed by atoms with Gasteiger partial charge in [0.05, 0.1) is 16.9 Å². The van der Waals surface area contributed by atoms with Crippen molar-refractivity contribution >= 4 is 49.7 Å². The number of nitrogens with two attached hydrogens (primary N) is 1. The third-order valence-corrected chi connectivity index (χ3v) is 4.90. The smallest absolute Gasteiger partial charge is 0.220 e. The molecule has 2 aromatic carbocycles. The number of fused-ring (bicyclic) bond motifs is 1. The minimum Gasteiger partial charge on any atom is -0.493 e. The molecule has 144 valence electrons. The van der Waals surface area contributed by atoms with Crippen LogP contribution >= 0.6 is 15.9 Å². The van der Waals surface area contributed by atoms with Crippen molar-refractivity contribution in [2.75, 3.05) is 5.73 Å². The summed E-state index contributed by atoms with van der Waals surface area (Å²) >= 11 is 3.46. The van der Waals surface area contributed by atoms with Gasteiger partial charge in [-0.15, -0.1) is 10.2 Å². The Labute approximate surface area is 175 Å². The van der Waals surface area contributed by atoms with Gasteiger partial charge in [-0.05, 0) is 42.5 Å². The zero-order valence-electron chi connectivity index (χ0n) is 15.5. The van der Waals surface area contributed by atoms with Crippen molar-refractivity contribution in [2.24, 2.45) is 22.3 Å². The van der Waals surface area contributed by atoms with E-state index in [2.05, 4.69) is 36.1 Å². The van der Waals surface area contributed by atoms with Gasteiger partial charge in [0.2, 0.25) is 11.7 Å². The summed E-state index contributed by atoms with van der Waals surface area (Å²) in [7, 11) is 1.77. The standard InChI is InChI=1S/C21H17BrN6O/c1-28-18-10-9-13(22)12-14(18)19(21(28)29)26-27-20(17-8-4-5-11-24-17)25-16-7-3-2-6-15(16)23/h2-12,29H,23H2,1H3. The fourth-order valence-electron chi connectivity index (χ4n) is 2.91. The van der Waals surface area contributed by atoms with Gasteiger partial charge in [-0.3, -0.25) is 4.98 Å². The maximum atomic E-state index is 10.5. The third-order valence-electron chi connectivity index (χ3n) is 4.41. The van der Waals surface area contributed by atoms with Crippen LogP contribution in [-0.4, -0.2) is 20.5 Å². The number of azo groups is 1. The van der Waals surface area contributed by atoms with E-state index in [9.17, 15) is 5.11 Å². The van der Waals surface area contributed by atoms with E-state index >= 15 is 0 Å². The molecule has 0 saturated carbocycles. The SMILES string of the molecule is Cn1c(O)c(N=NC(=Nc2ccccc2N)c2ccccn2)c2cc(Br)ccc21. The van der Waals surface area contributed by atoms with Crippen molar-refractivity contribution in [3.05, 3.63) is 77.0 Å². The molecule has 0 aliphatic rings. The Morgan fingerprint density at radius 2 is 1.90 bits per heavy atom. The number of aryl methyl sites for hydroxylation is 1. The van der Waals surface area contributed by atoms with Gasteiger partial charge in [0, 0.05) is 23.1 Å². The minimum atomic E-state index is 0.0152. The van der Waals surface area contributed by atoms with Gasteiger partial charge in [0.15, 0.2) is 5.69 Å². The van der Waals surface area contributed by atoms with Crippen LogP contribution in [-0.2, 0) is 7.05 Å². The molecule has 0 fully saturated rings. The zero-order valence-corrected chi connectivity index (χ0v) is 17.1. The van der Waals surface area contributed by atoms with E-state index in [-0.39, 0.29) is 11.7 Å². The molecular formula is C21H17BrN6O. The molecule has 0 saturated heterocycles. The Balaban J connectivity index is 1.85. The van der Waals surface area contributed by atoms with Gasteiger partial charge >= 0.3 is 0 Å². The molecule has 2 aromatic heterocycles. The van der Waals surface area contributed by atoms with Gasteiger partial charge in [-0.25, -0.2) is 4.99 Å². The van der Waals surface area contributed by atoms with Crippen LogP contribution in [0.3, 0.4) is 0 Å². The number of nitrogens with zero attached hydrogens (tertiary/aromatic N) is 5. The Bertz CT molecular complexity index is 1250. The maximum absolute atomic E-state index is 10.5. The Morgan fingerprint density at radius 1 is 1.10 bits per heavy atom. The van der Waals surface area contributed by atoms with Crippen molar-refractivity contribution in [2.45, 2.75) is 0 Å². The number of anilines is 1. The third kappa shape index (κ3) is 3.74. The molecule has 0 aliphatic carbocycles. The molecule has 0 amide bonds. The van der Waals surface area contributed by atoms with Gasteiger partial charge in [-0.2, -0.15) is 0 Å². The largest absolute Gasteiger partial charge is 0.493 e. The first kappa shape index (κ1) is 18.8. The fourth-order valence-corrected chi connectivity index (χ4v) is 3.27. The quantitative estimate of drug-likeness (QED) is 0.187. The van der Waals surface area contributed by atoms with E-state index < -0.39 is 0 Å². The summed E-state index contributed by atoms with van der Waals surface area (Å²) in [5.41, 5.74) is 8.85. The molecule has 0 spiro atoms. The molecule has 0 radical (unpaired) electrons. The van der Waals surface area contributed by atoms with Gasteiger partial charge in [-0.1, -0.05) is 34.1 Å². The topological polar surface area (TPSA) is 101 Å². The predicted octanol–water partition coefficient (Wildman–Crippen LogP) is 5.49. The van der Waals surface area contributed by atoms with Crippen molar-refractivity contribution in [1.29, 1.82) is 0 Å². The normalized spacial score (nSPS) is 12.1. The molecule has 0 aliphatic heterocycles. The van der Waals surface area contributed by atoms with Crippen LogP contribution in [0.25, 0.3) is 10.9 Å². The number of benzene rings is 2. The summed E-state index contributed by atoms with van der Waals surface area (Å²) in [5, 5.41) is 20.0. The van der Waals surface area contributed by atoms with Crippen LogP contribution in [0.4, 0.5) is 17.1 Å². The number of hydrogen-bond donors (Lipinski definition) is 2. The minimum absolute atomic E-state index is 0.0152. The molecule has 8 heteroatoms. The summed E-state index contributed by atoms with van der Waals surface area (Å²) in [5.74, 6) is 0.302. The van der Waals surface area contributed by atoms with Crippen LogP contribution in [0, 0.1) is 0 Å². The highest BCUT2D eigenvalue weighted by molar-refractivity contribution is 9.10. The molecule has 7 nitrogen and oxygen atoms in total. The van der Waals surface area contributed by atoms with E-state index in [0.29, 0.717) is 22.8 Å². The average molecular weight is 449 g/mol. The van der Waals surface area contributed by atoms with Gasteiger partial charge in [0.1, 0.15) is 5.69 Å². The van der Waals surface area contributed by atoms with E-state index in [4.69, 9.17) is 5.73 Å². The molecule has 0 bridgehead atoms. The molecule has 0 atom stereocenters. The summed E-state index contributed by atoms with van der Waals surface area (Å²) in [6.07, 6.45) is 1.65.